The third-order valence-electron chi connectivity index (χ3n) is 4.11. The molecule has 0 atom stereocenters. The molecule has 0 N–H and O–H groups in total. The van der Waals surface area contributed by atoms with Gasteiger partial charge >= 0.3 is 0 Å². The number of imidazole rings is 1. The van der Waals surface area contributed by atoms with Crippen molar-refractivity contribution in [3.63, 3.8) is 0 Å². The van der Waals surface area contributed by atoms with E-state index in [0.717, 1.165) is 35.4 Å². The Morgan fingerprint density at radius 3 is 2.52 bits per heavy atom. The number of aromatic nitrogens is 4. The van der Waals surface area contributed by atoms with Crippen molar-refractivity contribution in [3.8, 4) is 11.3 Å². The lowest BCUT2D eigenvalue weighted by atomic mass is 10.1. The minimum absolute atomic E-state index is 0.388. The lowest BCUT2D eigenvalue weighted by molar-refractivity contribution is 0.480. The molecule has 0 unspecified atom stereocenters. The summed E-state index contributed by atoms with van der Waals surface area (Å²) in [5.74, 6) is 0. The van der Waals surface area contributed by atoms with Crippen LogP contribution >= 0.6 is 23.2 Å². The number of hydrogen-bond donors (Lipinski definition) is 0. The molecule has 0 fully saturated rings. The molecule has 0 spiro atoms. The van der Waals surface area contributed by atoms with E-state index in [1.807, 2.05) is 19.3 Å². The van der Waals surface area contributed by atoms with Crippen LogP contribution in [0.2, 0.25) is 10.0 Å². The predicted octanol–water partition coefficient (Wildman–Crippen LogP) is 5.47. The molecule has 120 valence electrons. The third kappa shape index (κ3) is 2.93. The van der Waals surface area contributed by atoms with E-state index < -0.39 is 0 Å². The van der Waals surface area contributed by atoms with Crippen molar-refractivity contribution in [2.75, 3.05) is 0 Å². The van der Waals surface area contributed by atoms with Crippen LogP contribution in [0.4, 0.5) is 0 Å². The molecule has 3 aromatic rings. The van der Waals surface area contributed by atoms with Crippen LogP contribution in [0, 0.1) is 6.92 Å². The molecule has 0 radical (unpaired) electrons. The van der Waals surface area contributed by atoms with Gasteiger partial charge in [-0.25, -0.2) is 15.0 Å². The van der Waals surface area contributed by atoms with E-state index >= 15 is 0 Å². The Kier molecular flexibility index (Phi) is 4.55. The number of nitrogens with zero attached hydrogens (tertiary/aromatic N) is 4. The average Bonchev–Trinajstić information content (AvgIpc) is 2.91. The van der Waals surface area contributed by atoms with E-state index in [4.69, 9.17) is 28.2 Å². The first kappa shape index (κ1) is 16.2. The van der Waals surface area contributed by atoms with Gasteiger partial charge in [0.2, 0.25) is 0 Å². The van der Waals surface area contributed by atoms with E-state index in [-0.39, 0.29) is 0 Å². The lowest BCUT2D eigenvalue weighted by Gasteiger charge is -2.15. The summed E-state index contributed by atoms with van der Waals surface area (Å²) in [6.07, 6.45) is 3.90. The Morgan fingerprint density at radius 2 is 1.87 bits per heavy atom. The fourth-order valence-electron chi connectivity index (χ4n) is 2.82. The number of hydrogen-bond acceptors (Lipinski definition) is 3. The minimum atomic E-state index is 0.388. The fourth-order valence-corrected chi connectivity index (χ4v) is 3.31. The highest BCUT2D eigenvalue weighted by Gasteiger charge is 2.17. The van der Waals surface area contributed by atoms with E-state index in [0.29, 0.717) is 21.7 Å². The third-order valence-corrected chi connectivity index (χ3v) is 4.65. The molecule has 0 saturated heterocycles. The first-order chi connectivity index (χ1) is 11.0. The fraction of sp³-hybridized carbons (Fsp3) is 0.353. The van der Waals surface area contributed by atoms with E-state index in [1.54, 1.807) is 12.1 Å². The van der Waals surface area contributed by atoms with Crippen molar-refractivity contribution in [3.05, 3.63) is 40.3 Å². The molecule has 2 aromatic heterocycles. The summed E-state index contributed by atoms with van der Waals surface area (Å²) >= 11 is 12.3. The summed E-state index contributed by atoms with van der Waals surface area (Å²) in [4.78, 5) is 13.9. The molecule has 4 nitrogen and oxygen atoms in total. The molecule has 0 bridgehead atoms. The maximum Gasteiger partial charge on any atom is 0.198 e. The van der Waals surface area contributed by atoms with Gasteiger partial charge in [0.05, 0.1) is 22.7 Å². The molecule has 2 heterocycles. The van der Waals surface area contributed by atoms with Crippen molar-refractivity contribution in [1.29, 1.82) is 0 Å². The summed E-state index contributed by atoms with van der Waals surface area (Å²) in [7, 11) is 0. The normalized spacial score (nSPS) is 11.6. The van der Waals surface area contributed by atoms with Gasteiger partial charge in [0.1, 0.15) is 0 Å². The molecule has 0 amide bonds. The maximum absolute atomic E-state index is 6.31. The Hall–Kier alpha value is -1.65. The van der Waals surface area contributed by atoms with Gasteiger partial charge < -0.3 is 4.57 Å². The molecule has 0 aliphatic carbocycles. The highest BCUT2D eigenvalue weighted by molar-refractivity contribution is 6.36. The SMILES string of the molecule is CCC(CC)n1cnc2nc(-c3ccc(Cl)cc3Cl)c(C)nc21. The summed E-state index contributed by atoms with van der Waals surface area (Å²) in [6, 6.07) is 5.77. The number of aryl methyl sites for hydroxylation is 1. The van der Waals surface area contributed by atoms with Gasteiger partial charge in [0.15, 0.2) is 11.3 Å². The zero-order chi connectivity index (χ0) is 16.6. The highest BCUT2D eigenvalue weighted by atomic mass is 35.5. The number of halogens is 2. The molecular formula is C17H18Cl2N4. The van der Waals surface area contributed by atoms with Crippen molar-refractivity contribution in [1.82, 2.24) is 19.5 Å². The van der Waals surface area contributed by atoms with Crippen LogP contribution in [0.1, 0.15) is 38.4 Å². The Balaban J connectivity index is 2.16. The minimum Gasteiger partial charge on any atom is -0.311 e. The number of rotatable bonds is 4. The molecular weight excluding hydrogens is 331 g/mol. The van der Waals surface area contributed by atoms with Crippen molar-refractivity contribution in [2.45, 2.75) is 39.7 Å². The second kappa shape index (κ2) is 6.46. The van der Waals surface area contributed by atoms with Gasteiger partial charge in [-0.15, -0.1) is 0 Å². The molecule has 23 heavy (non-hydrogen) atoms. The predicted molar refractivity (Wildman–Crippen MR) is 95.1 cm³/mol. The van der Waals surface area contributed by atoms with Gasteiger partial charge in [-0.2, -0.15) is 0 Å². The Bertz CT molecular complexity index is 853. The molecule has 3 rings (SSSR count). The van der Waals surface area contributed by atoms with Crippen molar-refractivity contribution < 1.29 is 0 Å². The van der Waals surface area contributed by atoms with Gasteiger partial charge in [-0.05, 0) is 38.0 Å². The number of benzene rings is 1. The van der Waals surface area contributed by atoms with E-state index in [9.17, 15) is 0 Å². The summed E-state index contributed by atoms with van der Waals surface area (Å²) in [5.41, 5.74) is 3.86. The summed E-state index contributed by atoms with van der Waals surface area (Å²) in [5, 5.41) is 1.16. The smallest absolute Gasteiger partial charge is 0.198 e. The molecule has 0 aliphatic rings. The van der Waals surface area contributed by atoms with Crippen LogP contribution in [0.15, 0.2) is 24.5 Å². The van der Waals surface area contributed by atoms with Crippen molar-refractivity contribution in [2.24, 2.45) is 0 Å². The van der Waals surface area contributed by atoms with Crippen LogP contribution in [0.25, 0.3) is 22.6 Å². The van der Waals surface area contributed by atoms with Gasteiger partial charge in [0, 0.05) is 16.6 Å². The average molecular weight is 349 g/mol. The molecule has 0 saturated carbocycles. The quantitative estimate of drug-likeness (QED) is 0.627. The second-order valence-corrected chi connectivity index (χ2v) is 6.39. The van der Waals surface area contributed by atoms with Gasteiger partial charge in [0.25, 0.3) is 0 Å². The van der Waals surface area contributed by atoms with Crippen LogP contribution in [0.3, 0.4) is 0 Å². The standard InChI is InChI=1S/C17H18Cl2N4/c1-4-12(5-2)23-9-20-16-17(23)21-10(3)15(22-16)13-7-6-11(18)8-14(13)19/h6-9,12H,4-5H2,1-3H3. The second-order valence-electron chi connectivity index (χ2n) is 5.55. The Labute approximate surface area is 145 Å². The topological polar surface area (TPSA) is 43.6 Å². The van der Waals surface area contributed by atoms with Crippen LogP contribution in [0.5, 0.6) is 0 Å². The molecule has 6 heteroatoms. The van der Waals surface area contributed by atoms with Gasteiger partial charge in [-0.1, -0.05) is 37.0 Å². The summed E-state index contributed by atoms with van der Waals surface area (Å²) in [6.45, 7) is 6.28. The van der Waals surface area contributed by atoms with Gasteiger partial charge in [-0.3, -0.25) is 0 Å². The zero-order valence-corrected chi connectivity index (χ0v) is 14.9. The van der Waals surface area contributed by atoms with Crippen LogP contribution in [-0.2, 0) is 0 Å². The van der Waals surface area contributed by atoms with E-state index in [1.165, 1.54) is 0 Å². The van der Waals surface area contributed by atoms with E-state index in [2.05, 4.69) is 28.4 Å². The largest absolute Gasteiger partial charge is 0.311 e. The lowest BCUT2D eigenvalue weighted by Crippen LogP contribution is -2.07. The first-order valence-electron chi connectivity index (χ1n) is 7.71. The molecule has 0 aliphatic heterocycles. The van der Waals surface area contributed by atoms with Crippen LogP contribution < -0.4 is 0 Å². The monoisotopic (exact) mass is 348 g/mol. The summed E-state index contributed by atoms with van der Waals surface area (Å²) < 4.78 is 2.11. The molecule has 1 aromatic carbocycles. The zero-order valence-electron chi connectivity index (χ0n) is 13.3. The van der Waals surface area contributed by atoms with Crippen molar-refractivity contribution >= 4 is 34.5 Å². The van der Waals surface area contributed by atoms with Crippen LogP contribution in [-0.4, -0.2) is 19.5 Å². The Morgan fingerprint density at radius 1 is 1.13 bits per heavy atom. The maximum atomic E-state index is 6.31. The first-order valence-corrected chi connectivity index (χ1v) is 8.47. The number of fused-ring (bicyclic) bond motifs is 1. The highest BCUT2D eigenvalue weighted by Crippen LogP contribution is 2.32.